The number of ether oxygens (including phenoxy) is 4. The van der Waals surface area contributed by atoms with Crippen LogP contribution in [0.4, 0.5) is 0 Å². The van der Waals surface area contributed by atoms with E-state index < -0.39 is 0 Å². The van der Waals surface area contributed by atoms with Crippen molar-refractivity contribution in [2.75, 3.05) is 80.4 Å². The summed E-state index contributed by atoms with van der Waals surface area (Å²) in [7, 11) is 7.04. The van der Waals surface area contributed by atoms with Crippen LogP contribution in [-0.4, -0.2) is 111 Å². The number of fused-ring (bicyclic) bond motifs is 4. The van der Waals surface area contributed by atoms with Gasteiger partial charge in [-0.2, -0.15) is 0 Å². The quantitative estimate of drug-likeness (QED) is 0.446. The first-order valence-corrected chi connectivity index (χ1v) is 14.2. The first-order valence-electron chi connectivity index (χ1n) is 14.2. The predicted octanol–water partition coefficient (Wildman–Crippen LogP) is 2.17. The molecule has 2 saturated heterocycles. The molecule has 41 heavy (non-hydrogen) atoms. The van der Waals surface area contributed by atoms with E-state index in [9.17, 15) is 9.90 Å². The average molecular weight is 565 g/mol. The lowest BCUT2D eigenvalue weighted by Gasteiger charge is -2.56. The Morgan fingerprint density at radius 2 is 1.66 bits per heavy atom. The van der Waals surface area contributed by atoms with Crippen molar-refractivity contribution in [2.45, 2.75) is 18.0 Å². The zero-order valence-electron chi connectivity index (χ0n) is 24.4. The molecular formula is C31H40N4O6. The van der Waals surface area contributed by atoms with Gasteiger partial charge in [-0.1, -0.05) is 0 Å². The molecule has 4 heterocycles. The number of carbonyl (C=O) groups excluding carboxylic acids is 1. The summed E-state index contributed by atoms with van der Waals surface area (Å²) >= 11 is 0. The number of amides is 1. The first kappa shape index (κ1) is 27.8. The molecule has 1 atom stereocenters. The second kappa shape index (κ2) is 11.2. The van der Waals surface area contributed by atoms with E-state index in [1.165, 1.54) is 5.56 Å². The van der Waals surface area contributed by atoms with Crippen LogP contribution in [0.15, 0.2) is 36.4 Å². The molecule has 0 radical (unpaired) electrons. The highest BCUT2D eigenvalue weighted by atomic mass is 16.5. The highest BCUT2D eigenvalue weighted by molar-refractivity contribution is 5.90. The molecule has 6 rings (SSSR count). The van der Waals surface area contributed by atoms with E-state index in [0.29, 0.717) is 39.4 Å². The fraction of sp³-hybridized carbons (Fsp3) is 0.516. The van der Waals surface area contributed by atoms with Crippen LogP contribution in [-0.2, 0) is 28.5 Å². The van der Waals surface area contributed by atoms with Crippen LogP contribution in [0.1, 0.15) is 22.9 Å². The Bertz CT molecular complexity index is 1400. The molecule has 0 bridgehead atoms. The summed E-state index contributed by atoms with van der Waals surface area (Å²) in [4.78, 5) is 19.9. The second-order valence-electron chi connectivity index (χ2n) is 11.4. The summed E-state index contributed by atoms with van der Waals surface area (Å²) in [5.74, 6) is 2.41. The third kappa shape index (κ3) is 4.92. The molecule has 0 unspecified atom stereocenters. The summed E-state index contributed by atoms with van der Waals surface area (Å²) in [6.45, 7) is 5.93. The van der Waals surface area contributed by atoms with E-state index in [2.05, 4.69) is 33.5 Å². The lowest BCUT2D eigenvalue weighted by molar-refractivity contribution is -0.143. The first-order chi connectivity index (χ1) is 19.9. The van der Waals surface area contributed by atoms with Gasteiger partial charge in [-0.15, -0.1) is 0 Å². The van der Waals surface area contributed by atoms with Gasteiger partial charge in [0, 0.05) is 74.9 Å². The highest BCUT2D eigenvalue weighted by Crippen LogP contribution is 2.50. The molecule has 3 aromatic rings. The van der Waals surface area contributed by atoms with E-state index in [1.54, 1.807) is 21.3 Å². The minimum absolute atomic E-state index is 0.0227. The van der Waals surface area contributed by atoms with Crippen molar-refractivity contribution >= 4 is 16.8 Å². The van der Waals surface area contributed by atoms with E-state index >= 15 is 0 Å². The molecule has 220 valence electrons. The van der Waals surface area contributed by atoms with Gasteiger partial charge in [0.05, 0.1) is 59.3 Å². The van der Waals surface area contributed by atoms with Crippen LogP contribution >= 0.6 is 0 Å². The highest BCUT2D eigenvalue weighted by Gasteiger charge is 2.54. The largest absolute Gasteiger partial charge is 0.497 e. The number of hydrogen-bond acceptors (Lipinski definition) is 8. The number of hydrogen-bond donors (Lipinski definition) is 1. The van der Waals surface area contributed by atoms with Crippen molar-refractivity contribution in [1.82, 2.24) is 19.3 Å². The van der Waals surface area contributed by atoms with Gasteiger partial charge in [0.1, 0.15) is 17.2 Å². The van der Waals surface area contributed by atoms with Crippen molar-refractivity contribution in [2.24, 2.45) is 7.05 Å². The maximum absolute atomic E-state index is 13.4. The van der Waals surface area contributed by atoms with E-state index in [1.807, 2.05) is 29.2 Å². The molecule has 1 aromatic heterocycles. The van der Waals surface area contributed by atoms with Crippen molar-refractivity contribution in [3.8, 4) is 17.2 Å². The van der Waals surface area contributed by atoms with Crippen LogP contribution < -0.4 is 14.2 Å². The number of methoxy groups -OCH3 is 3. The van der Waals surface area contributed by atoms with Crippen molar-refractivity contribution < 1.29 is 28.8 Å². The summed E-state index contributed by atoms with van der Waals surface area (Å²) in [5.41, 5.74) is 4.19. The monoisotopic (exact) mass is 564 g/mol. The smallest absolute Gasteiger partial charge is 0.236 e. The molecular weight excluding hydrogens is 524 g/mol. The standard InChI is InChI=1S/C31H40N4O6/c1-32-26-14-22(38-2)5-6-25(26)29-30(32)27(17-36)34(15-21-11-23(39-3)13-24(12-21)40-4)18-31(29)19-35(20-31)28(37)16-33-7-9-41-10-8-33/h5-6,11-14,27,36H,7-10,15-20H2,1-4H3/t27-/m0/s1. The number of aliphatic hydroxyl groups excluding tert-OH is 1. The van der Waals surface area contributed by atoms with Gasteiger partial charge in [0.15, 0.2) is 0 Å². The Labute approximate surface area is 240 Å². The lowest BCUT2D eigenvalue weighted by atomic mass is 9.68. The minimum Gasteiger partial charge on any atom is -0.497 e. The van der Waals surface area contributed by atoms with Crippen LogP contribution in [0.25, 0.3) is 10.9 Å². The number of benzene rings is 2. The fourth-order valence-corrected chi connectivity index (χ4v) is 6.99. The molecule has 2 fully saturated rings. The van der Waals surface area contributed by atoms with Gasteiger partial charge in [-0.3, -0.25) is 14.6 Å². The van der Waals surface area contributed by atoms with Crippen LogP contribution in [0.2, 0.25) is 0 Å². The fourth-order valence-electron chi connectivity index (χ4n) is 6.99. The zero-order chi connectivity index (χ0) is 28.7. The molecule has 10 nitrogen and oxygen atoms in total. The molecule has 1 amide bonds. The summed E-state index contributed by atoms with van der Waals surface area (Å²) in [6.07, 6.45) is 0. The van der Waals surface area contributed by atoms with Gasteiger partial charge < -0.3 is 33.5 Å². The molecule has 1 N–H and O–H groups in total. The van der Waals surface area contributed by atoms with E-state index in [4.69, 9.17) is 18.9 Å². The summed E-state index contributed by atoms with van der Waals surface area (Å²) in [5, 5.41) is 12.0. The maximum Gasteiger partial charge on any atom is 0.236 e. The lowest BCUT2D eigenvalue weighted by Crippen LogP contribution is -2.68. The number of rotatable bonds is 8. The Morgan fingerprint density at radius 1 is 0.976 bits per heavy atom. The van der Waals surface area contributed by atoms with Crippen LogP contribution in [0, 0.1) is 0 Å². The molecule has 3 aliphatic heterocycles. The SMILES string of the molecule is COc1cc(CN2CC3(CN(C(=O)CN4CCOCC4)C3)c3c(n(C)c4cc(OC)ccc34)[C@@H]2CO)cc(OC)c1. The van der Waals surface area contributed by atoms with Gasteiger partial charge in [-0.05, 0) is 35.4 Å². The molecule has 1 spiro atoms. The molecule has 3 aliphatic rings. The van der Waals surface area contributed by atoms with Crippen LogP contribution in [0.5, 0.6) is 17.2 Å². The topological polar surface area (TPSA) is 88.9 Å². The third-order valence-corrected chi connectivity index (χ3v) is 9.02. The summed E-state index contributed by atoms with van der Waals surface area (Å²) < 4.78 is 24.3. The van der Waals surface area contributed by atoms with Crippen molar-refractivity contribution in [1.29, 1.82) is 0 Å². The number of carbonyl (C=O) groups is 1. The minimum atomic E-state index is -0.251. The Kier molecular flexibility index (Phi) is 7.58. The number of aliphatic hydroxyl groups is 1. The van der Waals surface area contributed by atoms with Crippen LogP contribution in [0.3, 0.4) is 0 Å². The van der Waals surface area contributed by atoms with Gasteiger partial charge >= 0.3 is 0 Å². The van der Waals surface area contributed by atoms with Crippen molar-refractivity contribution in [3.05, 3.63) is 53.2 Å². The number of aryl methyl sites for hydroxylation is 1. The number of aromatic nitrogens is 1. The molecule has 2 aromatic carbocycles. The molecule has 0 saturated carbocycles. The van der Waals surface area contributed by atoms with E-state index in [-0.39, 0.29) is 24.0 Å². The normalized spacial score (nSPS) is 20.6. The predicted molar refractivity (Wildman–Crippen MR) is 155 cm³/mol. The molecule has 10 heteroatoms. The Morgan fingerprint density at radius 3 is 2.29 bits per heavy atom. The third-order valence-electron chi connectivity index (χ3n) is 9.02. The number of morpholine rings is 1. The zero-order valence-corrected chi connectivity index (χ0v) is 24.4. The molecule has 0 aliphatic carbocycles. The van der Waals surface area contributed by atoms with Gasteiger partial charge in [-0.25, -0.2) is 0 Å². The van der Waals surface area contributed by atoms with Crippen molar-refractivity contribution in [3.63, 3.8) is 0 Å². The van der Waals surface area contributed by atoms with E-state index in [0.717, 1.165) is 59.0 Å². The van der Waals surface area contributed by atoms with Gasteiger partial charge in [0.25, 0.3) is 0 Å². The second-order valence-corrected chi connectivity index (χ2v) is 11.4. The Balaban J connectivity index is 1.37. The number of nitrogens with zero attached hydrogens (tertiary/aromatic N) is 4. The Hall–Kier alpha value is -3.31. The van der Waals surface area contributed by atoms with Gasteiger partial charge in [0.2, 0.25) is 5.91 Å². The number of likely N-dealkylation sites (tertiary alicyclic amines) is 1. The summed E-state index contributed by atoms with van der Waals surface area (Å²) in [6, 6.07) is 11.9. The maximum atomic E-state index is 13.4. The average Bonchev–Trinajstić information content (AvgIpc) is 3.27.